The lowest BCUT2D eigenvalue weighted by Gasteiger charge is -2.25. The third-order valence-corrected chi connectivity index (χ3v) is 3.12. The monoisotopic (exact) mass is 285 g/mol. The minimum Gasteiger partial charge on any atom is -0.478 e. The summed E-state index contributed by atoms with van der Waals surface area (Å²) in [6, 6.07) is -0.0418. The van der Waals surface area contributed by atoms with Crippen LogP contribution in [-0.4, -0.2) is 27.1 Å². The fraction of sp³-hybridized carbons (Fsp3) is 0.417. The van der Waals surface area contributed by atoms with Gasteiger partial charge in [0.1, 0.15) is 0 Å². The summed E-state index contributed by atoms with van der Waals surface area (Å²) in [5, 5.41) is 11.6. The van der Waals surface area contributed by atoms with Crippen molar-refractivity contribution in [1.29, 1.82) is 0 Å². The second kappa shape index (κ2) is 5.97. The van der Waals surface area contributed by atoms with E-state index in [0.29, 0.717) is 6.42 Å². The maximum atomic E-state index is 13.5. The first-order valence-electron chi connectivity index (χ1n) is 5.91. The zero-order chi connectivity index (χ0) is 13.8. The molecule has 1 heterocycles. The summed E-state index contributed by atoms with van der Waals surface area (Å²) >= 11 is 5.61. The SMILES string of the molecule is O=C(O)/C=C1\CCCC(Nc2nc(Cl)ncc2F)C1. The molecular weight excluding hydrogens is 273 g/mol. The van der Waals surface area contributed by atoms with Gasteiger partial charge in [0.2, 0.25) is 5.28 Å². The Morgan fingerprint density at radius 3 is 3.16 bits per heavy atom. The van der Waals surface area contributed by atoms with Crippen LogP contribution in [0.25, 0.3) is 0 Å². The van der Waals surface area contributed by atoms with Crippen LogP contribution in [0.15, 0.2) is 17.8 Å². The van der Waals surface area contributed by atoms with Crippen LogP contribution in [0.2, 0.25) is 5.28 Å². The molecule has 1 aliphatic rings. The van der Waals surface area contributed by atoms with Gasteiger partial charge in [-0.1, -0.05) is 5.57 Å². The van der Waals surface area contributed by atoms with Crippen molar-refractivity contribution >= 4 is 23.4 Å². The maximum Gasteiger partial charge on any atom is 0.328 e. The molecule has 5 nitrogen and oxygen atoms in total. The Morgan fingerprint density at radius 1 is 1.63 bits per heavy atom. The van der Waals surface area contributed by atoms with Crippen LogP contribution in [0.1, 0.15) is 25.7 Å². The topological polar surface area (TPSA) is 75.1 Å². The van der Waals surface area contributed by atoms with Crippen molar-refractivity contribution in [2.45, 2.75) is 31.7 Å². The van der Waals surface area contributed by atoms with Gasteiger partial charge < -0.3 is 10.4 Å². The zero-order valence-corrected chi connectivity index (χ0v) is 10.8. The van der Waals surface area contributed by atoms with Gasteiger partial charge in [-0.25, -0.2) is 14.2 Å². The Kier molecular flexibility index (Phi) is 4.31. The molecule has 1 unspecified atom stereocenters. The van der Waals surface area contributed by atoms with Crippen LogP contribution in [0, 0.1) is 5.82 Å². The van der Waals surface area contributed by atoms with E-state index in [1.54, 1.807) is 0 Å². The fourth-order valence-corrected chi connectivity index (χ4v) is 2.30. The molecule has 0 aliphatic heterocycles. The van der Waals surface area contributed by atoms with Crippen molar-refractivity contribution in [2.75, 3.05) is 5.32 Å². The first-order valence-corrected chi connectivity index (χ1v) is 6.29. The third-order valence-electron chi connectivity index (χ3n) is 2.94. The van der Waals surface area contributed by atoms with E-state index >= 15 is 0 Å². The van der Waals surface area contributed by atoms with Crippen LogP contribution in [-0.2, 0) is 4.79 Å². The molecule has 1 saturated carbocycles. The molecule has 0 amide bonds. The highest BCUT2D eigenvalue weighted by Gasteiger charge is 2.19. The molecule has 1 fully saturated rings. The normalized spacial score (nSPS) is 21.4. The van der Waals surface area contributed by atoms with E-state index in [1.807, 2.05) is 0 Å². The van der Waals surface area contributed by atoms with Crippen LogP contribution >= 0.6 is 11.6 Å². The van der Waals surface area contributed by atoms with Crippen LogP contribution < -0.4 is 5.32 Å². The molecule has 0 bridgehead atoms. The van der Waals surface area contributed by atoms with E-state index in [1.165, 1.54) is 6.08 Å². The second-order valence-electron chi connectivity index (χ2n) is 4.41. The van der Waals surface area contributed by atoms with Gasteiger partial charge in [-0.15, -0.1) is 0 Å². The van der Waals surface area contributed by atoms with Gasteiger partial charge in [0.05, 0.1) is 6.20 Å². The molecule has 2 rings (SSSR count). The largest absolute Gasteiger partial charge is 0.478 e. The average Bonchev–Trinajstić information content (AvgIpc) is 2.33. The lowest BCUT2D eigenvalue weighted by Crippen LogP contribution is -2.25. The first-order chi connectivity index (χ1) is 9.04. The summed E-state index contributed by atoms with van der Waals surface area (Å²) in [5.74, 6) is -1.47. The lowest BCUT2D eigenvalue weighted by atomic mass is 9.90. The summed E-state index contributed by atoms with van der Waals surface area (Å²) in [4.78, 5) is 18.0. The Balaban J connectivity index is 2.06. The number of aromatic nitrogens is 2. The molecule has 1 atom stereocenters. The molecular formula is C12H13ClFN3O2. The highest BCUT2D eigenvalue weighted by atomic mass is 35.5. The van der Waals surface area contributed by atoms with Gasteiger partial charge in [0.15, 0.2) is 11.6 Å². The van der Waals surface area contributed by atoms with Crippen molar-refractivity contribution in [3.63, 3.8) is 0 Å². The number of anilines is 1. The quantitative estimate of drug-likeness (QED) is 0.659. The number of rotatable bonds is 3. The Bertz CT molecular complexity index is 522. The van der Waals surface area contributed by atoms with E-state index in [0.717, 1.165) is 31.0 Å². The van der Waals surface area contributed by atoms with E-state index in [-0.39, 0.29) is 17.1 Å². The number of hydrogen-bond donors (Lipinski definition) is 2. The first kappa shape index (κ1) is 13.7. The fourth-order valence-electron chi connectivity index (χ4n) is 2.17. The molecule has 0 aromatic carbocycles. The zero-order valence-electron chi connectivity index (χ0n) is 10.1. The summed E-state index contributed by atoms with van der Waals surface area (Å²) in [5.41, 5.74) is 0.844. The van der Waals surface area contributed by atoms with Gasteiger partial charge in [0, 0.05) is 12.1 Å². The molecule has 102 valence electrons. The molecule has 0 saturated heterocycles. The Hall–Kier alpha value is -1.69. The summed E-state index contributed by atoms with van der Waals surface area (Å²) in [7, 11) is 0. The summed E-state index contributed by atoms with van der Waals surface area (Å²) < 4.78 is 13.5. The van der Waals surface area contributed by atoms with Crippen molar-refractivity contribution in [3.05, 3.63) is 28.9 Å². The second-order valence-corrected chi connectivity index (χ2v) is 4.75. The number of nitrogens with one attached hydrogen (secondary N) is 1. The van der Waals surface area contributed by atoms with E-state index in [2.05, 4.69) is 15.3 Å². The minimum absolute atomic E-state index is 0.0268. The molecule has 19 heavy (non-hydrogen) atoms. The van der Waals surface area contributed by atoms with Crippen LogP contribution in [0.4, 0.5) is 10.2 Å². The van der Waals surface area contributed by atoms with Crippen LogP contribution in [0.5, 0.6) is 0 Å². The number of carbonyl (C=O) groups is 1. The lowest BCUT2D eigenvalue weighted by molar-refractivity contribution is -0.131. The van der Waals surface area contributed by atoms with E-state index in [9.17, 15) is 9.18 Å². The summed E-state index contributed by atoms with van der Waals surface area (Å²) in [6.45, 7) is 0. The smallest absolute Gasteiger partial charge is 0.328 e. The molecule has 1 aliphatic carbocycles. The molecule has 0 radical (unpaired) electrons. The molecule has 1 aromatic rings. The van der Waals surface area contributed by atoms with Crippen molar-refractivity contribution in [3.8, 4) is 0 Å². The van der Waals surface area contributed by atoms with Gasteiger partial charge in [-0.2, -0.15) is 4.98 Å². The molecule has 7 heteroatoms. The number of aliphatic carboxylic acids is 1. The highest BCUT2D eigenvalue weighted by Crippen LogP contribution is 2.26. The maximum absolute atomic E-state index is 13.5. The van der Waals surface area contributed by atoms with Crippen molar-refractivity contribution < 1.29 is 14.3 Å². The van der Waals surface area contributed by atoms with Gasteiger partial charge >= 0.3 is 5.97 Å². The van der Waals surface area contributed by atoms with Crippen LogP contribution in [0.3, 0.4) is 0 Å². The van der Waals surface area contributed by atoms with Crippen molar-refractivity contribution in [2.24, 2.45) is 0 Å². The predicted molar refractivity (Wildman–Crippen MR) is 68.6 cm³/mol. The number of nitrogens with zero attached hydrogens (tertiary/aromatic N) is 2. The van der Waals surface area contributed by atoms with Gasteiger partial charge in [-0.3, -0.25) is 0 Å². The van der Waals surface area contributed by atoms with Gasteiger partial charge in [0.25, 0.3) is 0 Å². The summed E-state index contributed by atoms with van der Waals surface area (Å²) in [6.07, 6.45) is 5.24. The number of carboxylic acids is 1. The Morgan fingerprint density at radius 2 is 2.42 bits per heavy atom. The van der Waals surface area contributed by atoms with Crippen molar-refractivity contribution in [1.82, 2.24) is 9.97 Å². The molecule has 2 N–H and O–H groups in total. The number of halogens is 2. The standard InChI is InChI=1S/C12H13ClFN3O2/c13-12-15-6-9(14)11(17-12)16-8-3-1-2-7(4-8)5-10(18)19/h5-6,8H,1-4H2,(H,18,19)(H,15,16,17)/b7-5+. The van der Waals surface area contributed by atoms with Gasteiger partial charge in [-0.05, 0) is 37.3 Å². The average molecular weight is 286 g/mol. The predicted octanol–water partition coefficient (Wildman–Crippen LogP) is 2.63. The van der Waals surface area contributed by atoms with E-state index in [4.69, 9.17) is 16.7 Å². The number of carboxylic acid groups (broad SMARTS) is 1. The molecule has 0 spiro atoms. The highest BCUT2D eigenvalue weighted by molar-refractivity contribution is 6.28. The minimum atomic E-state index is -0.952. The third kappa shape index (κ3) is 3.89. The number of hydrogen-bond acceptors (Lipinski definition) is 4. The van der Waals surface area contributed by atoms with E-state index < -0.39 is 11.8 Å². The molecule has 1 aromatic heterocycles. The Labute approximate surface area is 114 Å².